The maximum Gasteiger partial charge on any atom is 0.165 e. The Labute approximate surface area is 238 Å². The third-order valence-electron chi connectivity index (χ3n) is 8.49. The van der Waals surface area contributed by atoms with Gasteiger partial charge in [0.1, 0.15) is 18.1 Å². The van der Waals surface area contributed by atoms with Crippen LogP contribution in [0.25, 0.3) is 0 Å². The summed E-state index contributed by atoms with van der Waals surface area (Å²) in [7, 11) is 1.70. The molecular weight excluding hydrogens is 503 g/mol. The van der Waals surface area contributed by atoms with Crippen molar-refractivity contribution in [3.63, 3.8) is 0 Å². The van der Waals surface area contributed by atoms with E-state index in [0.29, 0.717) is 30.6 Å². The fraction of sp³-hybridized carbons (Fsp3) is 0.471. The fourth-order valence-electron chi connectivity index (χ4n) is 6.22. The van der Waals surface area contributed by atoms with Gasteiger partial charge in [-0.15, -0.1) is 0 Å². The van der Waals surface area contributed by atoms with Crippen LogP contribution in [0, 0.1) is 5.82 Å². The van der Waals surface area contributed by atoms with Crippen LogP contribution in [0.4, 0.5) is 10.1 Å². The summed E-state index contributed by atoms with van der Waals surface area (Å²) in [6.07, 6.45) is 6.66. The number of rotatable bonds is 10. The molecule has 2 aliphatic rings. The molecule has 3 aromatic carbocycles. The zero-order valence-corrected chi connectivity index (χ0v) is 24.2. The van der Waals surface area contributed by atoms with Crippen LogP contribution < -0.4 is 14.4 Å². The number of likely N-dealkylation sites (tertiary alicyclic amines) is 1. The molecular formula is C34H43FN2O3. The lowest BCUT2D eigenvalue weighted by Crippen LogP contribution is -2.33. The molecule has 40 heavy (non-hydrogen) atoms. The van der Waals surface area contributed by atoms with E-state index in [9.17, 15) is 5.11 Å². The molecule has 0 unspecified atom stereocenters. The lowest BCUT2D eigenvalue weighted by atomic mass is 9.79. The fourth-order valence-corrected chi connectivity index (χ4v) is 6.22. The van der Waals surface area contributed by atoms with Crippen molar-refractivity contribution in [2.24, 2.45) is 0 Å². The number of methoxy groups -OCH3 is 1. The lowest BCUT2D eigenvalue weighted by Gasteiger charge is -2.35. The van der Waals surface area contributed by atoms with E-state index in [-0.39, 0.29) is 11.9 Å². The first-order valence-electron chi connectivity index (χ1n) is 14.8. The summed E-state index contributed by atoms with van der Waals surface area (Å²) in [6.45, 7) is 8.50. The van der Waals surface area contributed by atoms with Gasteiger partial charge in [0.2, 0.25) is 0 Å². The summed E-state index contributed by atoms with van der Waals surface area (Å²) in [5, 5.41) is 9.92. The quantitative estimate of drug-likeness (QED) is 0.294. The van der Waals surface area contributed by atoms with Crippen molar-refractivity contribution >= 4 is 5.69 Å². The predicted octanol–water partition coefficient (Wildman–Crippen LogP) is 7.09. The summed E-state index contributed by atoms with van der Waals surface area (Å²) < 4.78 is 26.6. The molecule has 5 nitrogen and oxygen atoms in total. The Kier molecular flexibility index (Phi) is 9.15. The first-order chi connectivity index (χ1) is 19.4. The number of piperidine rings is 1. The van der Waals surface area contributed by atoms with E-state index in [0.717, 1.165) is 55.9 Å². The summed E-state index contributed by atoms with van der Waals surface area (Å²) >= 11 is 0. The van der Waals surface area contributed by atoms with E-state index in [1.807, 2.05) is 18.2 Å². The summed E-state index contributed by atoms with van der Waals surface area (Å²) in [5.41, 5.74) is 5.86. The minimum absolute atomic E-state index is 0.196. The third-order valence-corrected chi connectivity index (χ3v) is 8.49. The Balaban J connectivity index is 1.33. The smallest absolute Gasteiger partial charge is 0.165 e. The molecule has 1 N–H and O–H groups in total. The second kappa shape index (κ2) is 12.9. The standard InChI is InChI=1S/C34H43FN2O3/c1-24(2)37(23-25-7-14-34(32(35)19-25)40-18-17-36-15-5-4-6-16-36)33-22-30(39-3)12-13-31(33)28-9-8-27-21-29(38)11-10-26(27)20-28/h7,10-14,19,21-22,24,28,38H,4-6,8-9,15-18,20,23H2,1-3H3/t28-/m1/s1. The number of phenolic OH excluding ortho intramolecular Hbond substituents is 1. The molecule has 3 aromatic rings. The molecule has 214 valence electrons. The Morgan fingerprint density at radius 1 is 1.00 bits per heavy atom. The van der Waals surface area contributed by atoms with Crippen molar-refractivity contribution in [3.05, 3.63) is 82.7 Å². The van der Waals surface area contributed by atoms with Crippen LogP contribution in [0.5, 0.6) is 17.2 Å². The molecule has 0 radical (unpaired) electrons. The van der Waals surface area contributed by atoms with Crippen molar-refractivity contribution in [2.75, 3.05) is 38.3 Å². The number of halogens is 1. The van der Waals surface area contributed by atoms with Gasteiger partial charge in [-0.3, -0.25) is 4.90 Å². The Hall–Kier alpha value is -3.25. The van der Waals surface area contributed by atoms with Gasteiger partial charge in [-0.1, -0.05) is 24.6 Å². The third kappa shape index (κ3) is 6.72. The van der Waals surface area contributed by atoms with Gasteiger partial charge >= 0.3 is 0 Å². The van der Waals surface area contributed by atoms with E-state index < -0.39 is 0 Å². The topological polar surface area (TPSA) is 45.2 Å². The van der Waals surface area contributed by atoms with Gasteiger partial charge in [0.05, 0.1) is 7.11 Å². The highest BCUT2D eigenvalue weighted by atomic mass is 19.1. The van der Waals surface area contributed by atoms with Crippen LogP contribution in [0.1, 0.15) is 67.7 Å². The minimum Gasteiger partial charge on any atom is -0.508 e. The van der Waals surface area contributed by atoms with Gasteiger partial charge in [-0.2, -0.15) is 0 Å². The number of ether oxygens (including phenoxy) is 2. The van der Waals surface area contributed by atoms with E-state index in [1.165, 1.54) is 36.0 Å². The minimum atomic E-state index is -0.308. The van der Waals surface area contributed by atoms with Crippen molar-refractivity contribution in [1.29, 1.82) is 0 Å². The second-order valence-corrected chi connectivity index (χ2v) is 11.6. The normalized spacial score (nSPS) is 17.5. The molecule has 1 heterocycles. The Bertz CT molecular complexity index is 1290. The van der Waals surface area contributed by atoms with Crippen LogP contribution in [-0.2, 0) is 19.4 Å². The molecule has 1 saturated heterocycles. The highest BCUT2D eigenvalue weighted by Gasteiger charge is 2.26. The number of hydrogen-bond donors (Lipinski definition) is 1. The first-order valence-corrected chi connectivity index (χ1v) is 14.8. The Morgan fingerprint density at radius 2 is 1.82 bits per heavy atom. The summed E-state index contributed by atoms with van der Waals surface area (Å²) in [5.74, 6) is 1.52. The summed E-state index contributed by atoms with van der Waals surface area (Å²) in [4.78, 5) is 4.74. The van der Waals surface area contributed by atoms with E-state index in [1.54, 1.807) is 25.3 Å². The van der Waals surface area contributed by atoms with Gasteiger partial charge in [-0.25, -0.2) is 4.39 Å². The van der Waals surface area contributed by atoms with Gasteiger partial charge in [0, 0.05) is 30.9 Å². The van der Waals surface area contributed by atoms with Crippen LogP contribution in [-0.4, -0.2) is 49.4 Å². The van der Waals surface area contributed by atoms with Crippen molar-refractivity contribution in [3.8, 4) is 17.2 Å². The van der Waals surface area contributed by atoms with Crippen LogP contribution in [0.15, 0.2) is 54.6 Å². The molecule has 0 saturated carbocycles. The van der Waals surface area contributed by atoms with Crippen molar-refractivity contribution in [2.45, 2.75) is 70.9 Å². The average Bonchev–Trinajstić information content (AvgIpc) is 2.97. The van der Waals surface area contributed by atoms with Crippen LogP contribution in [0.2, 0.25) is 0 Å². The molecule has 0 aromatic heterocycles. The monoisotopic (exact) mass is 546 g/mol. The molecule has 1 atom stereocenters. The van der Waals surface area contributed by atoms with Gasteiger partial charge in [0.25, 0.3) is 0 Å². The molecule has 0 amide bonds. The zero-order valence-electron chi connectivity index (χ0n) is 24.2. The van der Waals surface area contributed by atoms with Crippen molar-refractivity contribution < 1.29 is 19.0 Å². The predicted molar refractivity (Wildman–Crippen MR) is 159 cm³/mol. The number of aromatic hydroxyl groups is 1. The van der Waals surface area contributed by atoms with Gasteiger partial charge < -0.3 is 19.5 Å². The number of nitrogens with zero attached hydrogens (tertiary/aromatic N) is 2. The number of benzene rings is 3. The largest absolute Gasteiger partial charge is 0.508 e. The number of anilines is 1. The maximum absolute atomic E-state index is 15.1. The Morgan fingerprint density at radius 3 is 2.58 bits per heavy atom. The number of phenols is 1. The SMILES string of the molecule is COc1ccc([C@@H]2CCc3cc(O)ccc3C2)c(N(Cc2ccc(OCCN3CCCCC3)c(F)c2)C(C)C)c1. The summed E-state index contributed by atoms with van der Waals surface area (Å²) in [6, 6.07) is 17.7. The number of aryl methyl sites for hydroxylation is 1. The van der Waals surface area contributed by atoms with Crippen molar-refractivity contribution in [1.82, 2.24) is 4.90 Å². The molecule has 1 fully saturated rings. The highest BCUT2D eigenvalue weighted by molar-refractivity contribution is 5.60. The van der Waals surface area contributed by atoms with E-state index in [2.05, 4.69) is 41.8 Å². The highest BCUT2D eigenvalue weighted by Crippen LogP contribution is 2.40. The number of hydrogen-bond acceptors (Lipinski definition) is 5. The second-order valence-electron chi connectivity index (χ2n) is 11.6. The average molecular weight is 547 g/mol. The first kappa shape index (κ1) is 28.3. The number of fused-ring (bicyclic) bond motifs is 1. The maximum atomic E-state index is 15.1. The van der Waals surface area contributed by atoms with Gasteiger partial charge in [0.15, 0.2) is 11.6 Å². The van der Waals surface area contributed by atoms with Gasteiger partial charge in [-0.05, 0) is 118 Å². The molecule has 6 heteroatoms. The van der Waals surface area contributed by atoms with Crippen LogP contribution >= 0.6 is 0 Å². The zero-order chi connectivity index (χ0) is 28.1. The molecule has 1 aliphatic carbocycles. The molecule has 1 aliphatic heterocycles. The molecule has 5 rings (SSSR count). The molecule has 0 spiro atoms. The lowest BCUT2D eigenvalue weighted by molar-refractivity contribution is 0.180. The molecule has 0 bridgehead atoms. The van der Waals surface area contributed by atoms with E-state index >= 15 is 4.39 Å². The van der Waals surface area contributed by atoms with E-state index in [4.69, 9.17) is 9.47 Å². The van der Waals surface area contributed by atoms with Crippen LogP contribution in [0.3, 0.4) is 0 Å².